The average Bonchev–Trinajstić information content (AvgIpc) is 4.20. The summed E-state index contributed by atoms with van der Waals surface area (Å²) in [5, 5.41) is 7.41. The molecular formula is C71H57N5Si. The van der Waals surface area contributed by atoms with Crippen LogP contribution in [0, 0.1) is 0 Å². The van der Waals surface area contributed by atoms with Gasteiger partial charge in [0.15, 0.2) is 13.9 Å². The first kappa shape index (κ1) is 46.6. The molecule has 6 heteroatoms. The summed E-state index contributed by atoms with van der Waals surface area (Å²) in [7, 11) is -3.31. The predicted molar refractivity (Wildman–Crippen MR) is 322 cm³/mol. The highest BCUT2D eigenvalue weighted by Gasteiger charge is 2.58. The molecule has 5 nitrogen and oxygen atoms in total. The van der Waals surface area contributed by atoms with Crippen LogP contribution in [0.1, 0.15) is 45.1 Å². The van der Waals surface area contributed by atoms with Gasteiger partial charge in [-0.1, -0.05) is 262 Å². The first-order valence-electron chi connectivity index (χ1n) is 27.1. The monoisotopic (exact) mass is 1010 g/mol. The number of para-hydroxylation sites is 3. The topological polar surface area (TPSA) is 46.8 Å². The second kappa shape index (κ2) is 18.7. The van der Waals surface area contributed by atoms with Crippen molar-refractivity contribution in [3.05, 3.63) is 266 Å². The molecule has 1 saturated carbocycles. The van der Waals surface area contributed by atoms with E-state index < -0.39 is 8.07 Å². The quantitative estimate of drug-likeness (QED) is 0.101. The van der Waals surface area contributed by atoms with Crippen molar-refractivity contribution < 1.29 is 0 Å². The highest BCUT2D eigenvalue weighted by Crippen LogP contribution is 2.60. The van der Waals surface area contributed by atoms with Crippen LogP contribution in [-0.2, 0) is 5.41 Å². The van der Waals surface area contributed by atoms with Crippen molar-refractivity contribution in [3.8, 4) is 50.7 Å². The van der Waals surface area contributed by atoms with Crippen molar-refractivity contribution in [3.63, 3.8) is 0 Å². The second-order valence-electron chi connectivity index (χ2n) is 21.5. The van der Waals surface area contributed by atoms with Gasteiger partial charge in [0.25, 0.3) is 0 Å². The molecule has 2 unspecified atom stereocenters. The van der Waals surface area contributed by atoms with Gasteiger partial charge in [0, 0.05) is 27.4 Å². The molecule has 0 saturated heterocycles. The summed E-state index contributed by atoms with van der Waals surface area (Å²) in [6.07, 6.45) is 4.47. The van der Waals surface area contributed by atoms with Crippen LogP contribution in [0.5, 0.6) is 0 Å². The third kappa shape index (κ3) is 7.53. The molecule has 2 aromatic heterocycles. The van der Waals surface area contributed by atoms with Crippen LogP contribution in [-0.4, -0.2) is 33.1 Å². The number of rotatable bonds is 10. The van der Waals surface area contributed by atoms with Gasteiger partial charge in [-0.25, -0.2) is 0 Å². The van der Waals surface area contributed by atoms with Crippen molar-refractivity contribution in [1.82, 2.24) is 19.5 Å². The molecular weight excluding hydrogens is 951 g/mol. The van der Waals surface area contributed by atoms with Crippen molar-refractivity contribution in [1.29, 1.82) is 0 Å². The lowest BCUT2D eigenvalue weighted by Crippen LogP contribution is -2.74. The third-order valence-corrected chi connectivity index (χ3v) is 22.1. The highest BCUT2D eigenvalue weighted by molar-refractivity contribution is 7.20. The van der Waals surface area contributed by atoms with Gasteiger partial charge in [-0.15, -0.1) is 0 Å². The normalized spacial score (nSPS) is 17.1. The Morgan fingerprint density at radius 3 is 1.29 bits per heavy atom. The molecule has 14 rings (SSSR count). The number of benzene rings is 10. The third-order valence-electron chi connectivity index (χ3n) is 17.4. The van der Waals surface area contributed by atoms with Gasteiger partial charge in [0.1, 0.15) is 0 Å². The van der Waals surface area contributed by atoms with Crippen LogP contribution in [0.2, 0.25) is 0 Å². The molecule has 1 aliphatic heterocycles. The van der Waals surface area contributed by atoms with Crippen molar-refractivity contribution in [2.24, 2.45) is 0 Å². The first-order valence-corrected chi connectivity index (χ1v) is 29.1. The summed E-state index contributed by atoms with van der Waals surface area (Å²) in [6, 6.07) is 96.0. The van der Waals surface area contributed by atoms with Gasteiger partial charge < -0.3 is 4.90 Å². The Balaban J connectivity index is 1.06. The maximum atomic E-state index is 5.73. The molecule has 0 bridgehead atoms. The van der Waals surface area contributed by atoms with Crippen molar-refractivity contribution in [2.75, 3.05) is 4.90 Å². The Bertz CT molecular complexity index is 3920. The molecule has 2 aliphatic rings. The Labute approximate surface area is 451 Å². The summed E-state index contributed by atoms with van der Waals surface area (Å²) in [4.78, 5) is 19.5. The summed E-state index contributed by atoms with van der Waals surface area (Å²) in [5.74, 6) is 1.91. The maximum absolute atomic E-state index is 5.73. The Morgan fingerprint density at radius 2 is 0.766 bits per heavy atom. The van der Waals surface area contributed by atoms with Gasteiger partial charge in [-0.3, -0.25) is 4.57 Å². The number of anilines is 2. The van der Waals surface area contributed by atoms with E-state index in [0.29, 0.717) is 17.7 Å². The summed E-state index contributed by atoms with van der Waals surface area (Å²) in [6.45, 7) is 4.92. The van der Waals surface area contributed by atoms with Crippen LogP contribution in [0.3, 0.4) is 0 Å². The van der Waals surface area contributed by atoms with Crippen molar-refractivity contribution in [2.45, 2.75) is 50.5 Å². The largest absolute Gasteiger partial charge is 0.303 e. The minimum absolute atomic E-state index is 0.0936. The zero-order valence-electron chi connectivity index (χ0n) is 43.4. The predicted octanol–water partition coefficient (Wildman–Crippen LogP) is 14.8. The van der Waals surface area contributed by atoms with E-state index in [9.17, 15) is 0 Å². The molecule has 0 radical (unpaired) electrons. The number of hydrogen-bond donors (Lipinski definition) is 0. The molecule has 0 spiro atoms. The molecule has 3 heterocycles. The second-order valence-corrected chi connectivity index (χ2v) is 25.3. The molecule has 1 aliphatic carbocycles. The molecule has 10 aromatic carbocycles. The summed E-state index contributed by atoms with van der Waals surface area (Å²) >= 11 is 0. The Kier molecular flexibility index (Phi) is 11.3. The van der Waals surface area contributed by atoms with Crippen LogP contribution in [0.25, 0.3) is 72.5 Å². The SMILES string of the molecule is CC12CCCCC1(C)N(c1nc(-c3cccc([Si](c4cccc(-c5ccccc5)c4)(c4cccc(-c5ccccc5)c4)c4cccc(-c5ccccc5)c4)c3)nc(-n3c4ccccc4c4ccccc43)n1)c1ccccc12. The van der Waals surface area contributed by atoms with Crippen LogP contribution in [0.4, 0.5) is 11.6 Å². The van der Waals surface area contributed by atoms with E-state index in [1.165, 1.54) is 71.8 Å². The number of nitrogens with zero attached hydrogens (tertiary/aromatic N) is 5. The number of aromatic nitrogens is 4. The fourth-order valence-corrected chi connectivity index (χ4v) is 18.3. The van der Waals surface area contributed by atoms with Gasteiger partial charge in [-0.2, -0.15) is 15.0 Å². The zero-order chi connectivity index (χ0) is 51.6. The molecule has 2 atom stereocenters. The first-order chi connectivity index (χ1) is 37.9. The Morgan fingerprint density at radius 1 is 0.364 bits per heavy atom. The zero-order valence-corrected chi connectivity index (χ0v) is 44.4. The van der Waals surface area contributed by atoms with E-state index in [1.54, 1.807) is 0 Å². The van der Waals surface area contributed by atoms with Gasteiger partial charge >= 0.3 is 0 Å². The molecule has 370 valence electrons. The molecule has 0 N–H and O–H groups in total. The standard InChI is InChI=1S/C71H57N5Si/c1-70-44-18-19-45-71(70,2)76(66-43-17-14-40-63(66)70)69-73-67(72-68(74-69)75-64-41-15-12-38-61(64)62-39-13-16-42-65(62)75)56-33-23-37-60(49-56)77(57-34-20-30-53(46-57)50-24-6-3-7-25-50,58-35-21-31-54(47-58)51-26-8-4-9-27-51)59-36-22-32-55(48-59)52-28-10-5-11-29-52/h3-17,20-43,46-49H,18-19,44-45H2,1-2H3. The lowest BCUT2D eigenvalue weighted by molar-refractivity contribution is 0.193. The number of hydrogen-bond acceptors (Lipinski definition) is 4. The average molecular weight is 1010 g/mol. The van der Waals surface area contributed by atoms with E-state index in [2.05, 4.69) is 284 Å². The highest BCUT2D eigenvalue weighted by atomic mass is 28.3. The van der Waals surface area contributed by atoms with Gasteiger partial charge in [-0.05, 0) is 97.7 Å². The molecule has 1 fully saturated rings. The van der Waals surface area contributed by atoms with E-state index in [4.69, 9.17) is 15.0 Å². The van der Waals surface area contributed by atoms with E-state index in [0.717, 1.165) is 46.6 Å². The van der Waals surface area contributed by atoms with E-state index in [1.807, 2.05) is 0 Å². The molecule has 77 heavy (non-hydrogen) atoms. The number of fused-ring (bicyclic) bond motifs is 6. The molecule has 12 aromatic rings. The van der Waals surface area contributed by atoms with E-state index >= 15 is 0 Å². The van der Waals surface area contributed by atoms with Crippen LogP contribution < -0.4 is 25.6 Å². The Hall–Kier alpha value is -8.97. The molecule has 0 amide bonds. The lowest BCUT2D eigenvalue weighted by atomic mass is 9.61. The smallest absolute Gasteiger partial charge is 0.240 e. The van der Waals surface area contributed by atoms with Crippen molar-refractivity contribution >= 4 is 62.3 Å². The minimum Gasteiger partial charge on any atom is -0.303 e. The lowest BCUT2D eigenvalue weighted by Gasteiger charge is -2.49. The van der Waals surface area contributed by atoms with Crippen LogP contribution >= 0.6 is 0 Å². The van der Waals surface area contributed by atoms with Crippen LogP contribution in [0.15, 0.2) is 261 Å². The summed E-state index contributed by atoms with van der Waals surface area (Å²) < 4.78 is 2.26. The summed E-state index contributed by atoms with van der Waals surface area (Å²) in [5.41, 5.74) is 12.3. The maximum Gasteiger partial charge on any atom is 0.240 e. The van der Waals surface area contributed by atoms with E-state index in [-0.39, 0.29) is 11.0 Å². The van der Waals surface area contributed by atoms with Gasteiger partial charge in [0.2, 0.25) is 11.9 Å². The minimum atomic E-state index is -3.31. The fraction of sp³-hybridized carbons (Fsp3) is 0.113. The fourth-order valence-electron chi connectivity index (χ4n) is 13.4. The van der Waals surface area contributed by atoms with Gasteiger partial charge in [0.05, 0.1) is 16.6 Å².